The minimum atomic E-state index is -0.102. The van der Waals surface area contributed by atoms with Crippen LogP contribution in [0.1, 0.15) is 60.7 Å². The van der Waals surface area contributed by atoms with Crippen molar-refractivity contribution < 1.29 is 19.5 Å². The summed E-state index contributed by atoms with van der Waals surface area (Å²) in [7, 11) is 1.85. The van der Waals surface area contributed by atoms with E-state index in [1.54, 1.807) is 34.9 Å². The fourth-order valence-corrected chi connectivity index (χ4v) is 5.34. The molecule has 3 aromatic carbocycles. The van der Waals surface area contributed by atoms with Gasteiger partial charge < -0.3 is 14.6 Å². The highest BCUT2D eigenvalue weighted by Crippen LogP contribution is 2.24. The van der Waals surface area contributed by atoms with Gasteiger partial charge in [0.15, 0.2) is 17.3 Å². The number of rotatable bonds is 10. The standard InChI is InChI=1S/C34H34N2O4/c1-35-18-3-5-31(35)33(39)21-25-8-12-29(13-9-25)34(40)28-10-6-24(7-11-28)20-32(38)27-14-16-30(17-15-27)36-19-2-4-26(22-36)23-37/h3,5-18,26,37H,2,4,19-23H2,1H3. The number of aryl methyl sites for hydroxylation is 1. The van der Waals surface area contributed by atoms with Gasteiger partial charge in [-0.2, -0.15) is 0 Å². The molecule has 1 aromatic heterocycles. The number of aliphatic hydroxyl groups excluding tert-OH is 1. The Hall–Kier alpha value is -4.29. The second-order valence-corrected chi connectivity index (χ2v) is 10.6. The summed E-state index contributed by atoms with van der Waals surface area (Å²) in [5.41, 5.74) is 5.20. The number of nitrogens with zero attached hydrogens (tertiary/aromatic N) is 2. The maximum absolute atomic E-state index is 13.0. The van der Waals surface area contributed by atoms with Crippen LogP contribution >= 0.6 is 0 Å². The van der Waals surface area contributed by atoms with Gasteiger partial charge in [0.05, 0.1) is 5.69 Å². The summed E-state index contributed by atoms with van der Waals surface area (Å²) in [5, 5.41) is 9.49. The minimum absolute atomic E-state index is 0.0259. The van der Waals surface area contributed by atoms with E-state index < -0.39 is 0 Å². The second-order valence-electron chi connectivity index (χ2n) is 10.6. The summed E-state index contributed by atoms with van der Waals surface area (Å²) in [4.78, 5) is 40.7. The fourth-order valence-electron chi connectivity index (χ4n) is 5.34. The van der Waals surface area contributed by atoms with Crippen LogP contribution in [0, 0.1) is 5.92 Å². The van der Waals surface area contributed by atoms with Crippen molar-refractivity contribution in [3.05, 3.63) is 125 Å². The van der Waals surface area contributed by atoms with Crippen LogP contribution in [0.15, 0.2) is 91.1 Å². The number of ketones is 3. The number of piperidine rings is 1. The molecule has 0 radical (unpaired) electrons. The Bertz CT molecular complexity index is 1480. The summed E-state index contributed by atoms with van der Waals surface area (Å²) >= 11 is 0. The first-order valence-electron chi connectivity index (χ1n) is 13.8. The predicted octanol–water partition coefficient (Wildman–Crippen LogP) is 5.32. The van der Waals surface area contributed by atoms with E-state index in [1.807, 2.05) is 67.8 Å². The molecular weight excluding hydrogens is 500 g/mol. The number of anilines is 1. The third-order valence-corrected chi connectivity index (χ3v) is 7.72. The SMILES string of the molecule is Cn1cccc1C(=O)Cc1ccc(C(=O)c2ccc(CC(=O)c3ccc(N4CCCC(CO)C4)cc3)cc2)cc1. The molecule has 0 saturated carbocycles. The summed E-state index contributed by atoms with van der Waals surface area (Å²) in [6.45, 7) is 2.01. The van der Waals surface area contributed by atoms with E-state index in [1.165, 1.54) is 0 Å². The molecule has 1 aliphatic heterocycles. The molecule has 1 fully saturated rings. The second kappa shape index (κ2) is 12.3. The number of aromatic nitrogens is 1. The molecule has 204 valence electrons. The van der Waals surface area contributed by atoms with Crippen LogP contribution in [-0.2, 0) is 19.9 Å². The summed E-state index contributed by atoms with van der Waals surface area (Å²) in [5.74, 6) is 0.263. The lowest BCUT2D eigenvalue weighted by Crippen LogP contribution is -2.36. The molecule has 0 spiro atoms. The first kappa shape index (κ1) is 27.3. The van der Waals surface area contributed by atoms with Gasteiger partial charge in [-0.05, 0) is 66.3 Å². The van der Waals surface area contributed by atoms with Crippen molar-refractivity contribution in [3.8, 4) is 0 Å². The zero-order valence-electron chi connectivity index (χ0n) is 22.8. The van der Waals surface area contributed by atoms with Crippen molar-refractivity contribution in [1.82, 2.24) is 4.57 Å². The van der Waals surface area contributed by atoms with Gasteiger partial charge >= 0.3 is 0 Å². The molecule has 1 N–H and O–H groups in total. The third-order valence-electron chi connectivity index (χ3n) is 7.72. The molecular formula is C34H34N2O4. The normalized spacial score (nSPS) is 15.2. The number of aliphatic hydroxyl groups is 1. The molecule has 1 atom stereocenters. The summed E-state index contributed by atoms with van der Waals surface area (Å²) < 4.78 is 1.80. The summed E-state index contributed by atoms with van der Waals surface area (Å²) in [6.07, 6.45) is 4.50. The van der Waals surface area contributed by atoms with E-state index in [9.17, 15) is 19.5 Å². The maximum atomic E-state index is 13.0. The van der Waals surface area contributed by atoms with Crippen LogP contribution in [0.5, 0.6) is 0 Å². The van der Waals surface area contributed by atoms with Gasteiger partial charge in [0.2, 0.25) is 0 Å². The largest absolute Gasteiger partial charge is 0.396 e. The number of carbonyl (C=O) groups is 3. The molecule has 2 heterocycles. The van der Waals surface area contributed by atoms with E-state index >= 15 is 0 Å². The molecule has 1 aliphatic rings. The minimum Gasteiger partial charge on any atom is -0.396 e. The monoisotopic (exact) mass is 534 g/mol. The van der Waals surface area contributed by atoms with E-state index in [4.69, 9.17) is 0 Å². The highest BCUT2D eigenvalue weighted by Gasteiger charge is 2.20. The number of benzene rings is 3. The van der Waals surface area contributed by atoms with Gasteiger partial charge in [-0.25, -0.2) is 0 Å². The average molecular weight is 535 g/mol. The van der Waals surface area contributed by atoms with E-state index in [-0.39, 0.29) is 36.8 Å². The molecule has 1 unspecified atom stereocenters. The fraction of sp³-hybridized carbons (Fsp3) is 0.265. The van der Waals surface area contributed by atoms with Crippen molar-refractivity contribution >= 4 is 23.0 Å². The van der Waals surface area contributed by atoms with Crippen LogP contribution in [0.3, 0.4) is 0 Å². The van der Waals surface area contributed by atoms with E-state index in [2.05, 4.69) is 4.90 Å². The van der Waals surface area contributed by atoms with Gasteiger partial charge in [-0.15, -0.1) is 0 Å². The quantitative estimate of drug-likeness (QED) is 0.279. The Kier molecular flexibility index (Phi) is 8.37. The first-order valence-corrected chi connectivity index (χ1v) is 13.8. The molecule has 40 heavy (non-hydrogen) atoms. The Morgan fingerprint density at radius 1 is 0.775 bits per heavy atom. The third kappa shape index (κ3) is 6.29. The van der Waals surface area contributed by atoms with Gasteiger partial charge in [0, 0.05) is 68.2 Å². The number of hydrogen-bond donors (Lipinski definition) is 1. The summed E-state index contributed by atoms with van der Waals surface area (Å²) in [6, 6.07) is 25.7. The lowest BCUT2D eigenvalue weighted by atomic mass is 9.97. The van der Waals surface area contributed by atoms with Gasteiger partial charge in [0.1, 0.15) is 0 Å². The van der Waals surface area contributed by atoms with Gasteiger partial charge in [-0.3, -0.25) is 14.4 Å². The number of Topliss-reactive ketones (excluding diaryl/α,β-unsaturated/α-hetero) is 2. The molecule has 4 aromatic rings. The maximum Gasteiger partial charge on any atom is 0.193 e. The van der Waals surface area contributed by atoms with Crippen LogP contribution in [-0.4, -0.2) is 46.7 Å². The molecule has 5 rings (SSSR count). The van der Waals surface area contributed by atoms with Crippen molar-refractivity contribution in [2.45, 2.75) is 25.7 Å². The lowest BCUT2D eigenvalue weighted by molar-refractivity contribution is 0.0980. The number of carbonyl (C=O) groups excluding carboxylic acids is 3. The highest BCUT2D eigenvalue weighted by atomic mass is 16.3. The lowest BCUT2D eigenvalue weighted by Gasteiger charge is -2.33. The highest BCUT2D eigenvalue weighted by molar-refractivity contribution is 6.09. The first-order chi connectivity index (χ1) is 19.4. The van der Waals surface area contributed by atoms with Crippen LogP contribution in [0.2, 0.25) is 0 Å². The van der Waals surface area contributed by atoms with Crippen LogP contribution in [0.25, 0.3) is 0 Å². The predicted molar refractivity (Wildman–Crippen MR) is 156 cm³/mol. The Morgan fingerprint density at radius 3 is 1.90 bits per heavy atom. The smallest absolute Gasteiger partial charge is 0.193 e. The molecule has 0 bridgehead atoms. The van der Waals surface area contributed by atoms with E-state index in [0.717, 1.165) is 42.7 Å². The van der Waals surface area contributed by atoms with Crippen molar-refractivity contribution in [2.75, 3.05) is 24.6 Å². The zero-order valence-corrected chi connectivity index (χ0v) is 22.8. The molecule has 6 nitrogen and oxygen atoms in total. The van der Waals surface area contributed by atoms with E-state index in [0.29, 0.717) is 28.3 Å². The molecule has 1 saturated heterocycles. The van der Waals surface area contributed by atoms with Crippen LogP contribution in [0.4, 0.5) is 5.69 Å². The topological polar surface area (TPSA) is 79.6 Å². The van der Waals surface area contributed by atoms with Crippen molar-refractivity contribution in [3.63, 3.8) is 0 Å². The van der Waals surface area contributed by atoms with Crippen LogP contribution < -0.4 is 4.90 Å². The average Bonchev–Trinajstić information content (AvgIpc) is 3.43. The Balaban J connectivity index is 1.17. The number of hydrogen-bond acceptors (Lipinski definition) is 5. The van der Waals surface area contributed by atoms with Crippen molar-refractivity contribution in [1.29, 1.82) is 0 Å². The molecule has 0 aliphatic carbocycles. The Morgan fingerprint density at radius 2 is 1.35 bits per heavy atom. The Labute approximate surface area is 234 Å². The zero-order chi connectivity index (χ0) is 28.1. The molecule has 0 amide bonds. The van der Waals surface area contributed by atoms with Crippen molar-refractivity contribution in [2.24, 2.45) is 13.0 Å². The van der Waals surface area contributed by atoms with Gasteiger partial charge in [0.25, 0.3) is 0 Å². The van der Waals surface area contributed by atoms with Gasteiger partial charge in [-0.1, -0.05) is 48.5 Å². The molecule has 6 heteroatoms.